The van der Waals surface area contributed by atoms with Gasteiger partial charge >= 0.3 is 6.18 Å². The number of para-hydroxylation sites is 1. The zero-order valence-corrected chi connectivity index (χ0v) is 14.7. The van der Waals surface area contributed by atoms with E-state index < -0.39 is 11.7 Å². The van der Waals surface area contributed by atoms with Crippen molar-refractivity contribution in [2.24, 2.45) is 0 Å². The molecular formula is C19H18F3N5. The summed E-state index contributed by atoms with van der Waals surface area (Å²) in [7, 11) is 0. The molecule has 0 amide bonds. The van der Waals surface area contributed by atoms with Crippen molar-refractivity contribution in [3.8, 4) is 0 Å². The Balaban J connectivity index is 1.94. The number of aryl methyl sites for hydroxylation is 2. The average molecular weight is 373 g/mol. The van der Waals surface area contributed by atoms with E-state index >= 15 is 0 Å². The number of rotatable bonds is 4. The molecular weight excluding hydrogens is 355 g/mol. The van der Waals surface area contributed by atoms with E-state index in [1.165, 1.54) is 24.5 Å². The van der Waals surface area contributed by atoms with Gasteiger partial charge in [0.15, 0.2) is 11.6 Å². The number of nitrogens with zero attached hydrogens (tertiary/aromatic N) is 2. The van der Waals surface area contributed by atoms with Crippen LogP contribution in [-0.2, 0) is 6.18 Å². The number of alkyl halides is 3. The molecule has 8 heteroatoms. The van der Waals surface area contributed by atoms with Crippen LogP contribution in [0, 0.1) is 13.8 Å². The van der Waals surface area contributed by atoms with Gasteiger partial charge in [-0.3, -0.25) is 0 Å². The molecule has 0 aliphatic rings. The Labute approximate surface area is 154 Å². The van der Waals surface area contributed by atoms with E-state index in [0.29, 0.717) is 5.82 Å². The summed E-state index contributed by atoms with van der Waals surface area (Å²) in [4.78, 5) is 8.09. The lowest BCUT2D eigenvalue weighted by molar-refractivity contribution is -0.136. The van der Waals surface area contributed by atoms with E-state index in [9.17, 15) is 13.2 Å². The summed E-state index contributed by atoms with van der Waals surface area (Å²) in [5.74, 6) is 0.403. The van der Waals surface area contributed by atoms with Gasteiger partial charge in [0.05, 0.1) is 11.3 Å². The minimum atomic E-state index is -4.49. The lowest BCUT2D eigenvalue weighted by atomic mass is 10.1. The highest BCUT2D eigenvalue weighted by molar-refractivity contribution is 5.81. The molecule has 0 saturated heterocycles. The van der Waals surface area contributed by atoms with Gasteiger partial charge < -0.3 is 16.4 Å². The van der Waals surface area contributed by atoms with Gasteiger partial charge in [-0.1, -0.05) is 24.3 Å². The van der Waals surface area contributed by atoms with Crippen molar-refractivity contribution in [1.82, 2.24) is 9.97 Å². The molecule has 3 rings (SSSR count). The SMILES string of the molecule is Cc1ccc(C)c(Nc2ncnc(Nc3ccccc3C(F)(F)F)c2N)c1. The molecule has 0 aliphatic heterocycles. The molecule has 0 bridgehead atoms. The fourth-order valence-electron chi connectivity index (χ4n) is 2.56. The highest BCUT2D eigenvalue weighted by Gasteiger charge is 2.33. The third kappa shape index (κ3) is 4.11. The molecule has 5 nitrogen and oxygen atoms in total. The summed E-state index contributed by atoms with van der Waals surface area (Å²) in [6, 6.07) is 11.0. The highest BCUT2D eigenvalue weighted by atomic mass is 19.4. The van der Waals surface area contributed by atoms with Crippen LogP contribution in [0.4, 0.5) is 41.9 Å². The normalized spacial score (nSPS) is 11.3. The quantitative estimate of drug-likeness (QED) is 0.587. The first-order valence-electron chi connectivity index (χ1n) is 8.13. The Morgan fingerprint density at radius 1 is 0.889 bits per heavy atom. The lowest BCUT2D eigenvalue weighted by Crippen LogP contribution is -2.11. The maximum atomic E-state index is 13.2. The first-order chi connectivity index (χ1) is 12.8. The van der Waals surface area contributed by atoms with Crippen molar-refractivity contribution in [3.63, 3.8) is 0 Å². The monoisotopic (exact) mass is 373 g/mol. The van der Waals surface area contributed by atoms with E-state index in [2.05, 4.69) is 20.6 Å². The molecule has 140 valence electrons. The molecule has 3 aromatic rings. The number of benzene rings is 2. The number of nitrogens with two attached hydrogens (primary N) is 1. The smallest absolute Gasteiger partial charge is 0.393 e. The van der Waals surface area contributed by atoms with Gasteiger partial charge in [-0.25, -0.2) is 9.97 Å². The zero-order chi connectivity index (χ0) is 19.6. The van der Waals surface area contributed by atoms with Gasteiger partial charge in [0, 0.05) is 5.69 Å². The van der Waals surface area contributed by atoms with Crippen LogP contribution >= 0.6 is 0 Å². The number of anilines is 5. The van der Waals surface area contributed by atoms with Crippen molar-refractivity contribution in [2.45, 2.75) is 20.0 Å². The Kier molecular flexibility index (Phi) is 4.89. The maximum Gasteiger partial charge on any atom is 0.418 e. The number of hydrogen-bond acceptors (Lipinski definition) is 5. The number of nitrogen functional groups attached to an aromatic ring is 1. The van der Waals surface area contributed by atoms with Crippen LogP contribution in [0.1, 0.15) is 16.7 Å². The van der Waals surface area contributed by atoms with E-state index in [-0.39, 0.29) is 17.2 Å². The summed E-state index contributed by atoms with van der Waals surface area (Å²) in [6.07, 6.45) is -3.26. The largest absolute Gasteiger partial charge is 0.418 e. The van der Waals surface area contributed by atoms with Crippen LogP contribution in [-0.4, -0.2) is 9.97 Å². The molecule has 0 spiro atoms. The minimum absolute atomic E-state index is 0.0921. The topological polar surface area (TPSA) is 75.9 Å². The summed E-state index contributed by atoms with van der Waals surface area (Å²) in [6.45, 7) is 3.88. The standard InChI is InChI=1S/C19H18F3N5/c1-11-7-8-12(2)15(9-11)27-18-16(23)17(24-10-25-18)26-14-6-4-3-5-13(14)19(20,21)22/h3-10H,23H2,1-2H3,(H2,24,25,26,27). The molecule has 0 unspecified atom stereocenters. The molecule has 0 fully saturated rings. The summed E-state index contributed by atoms with van der Waals surface area (Å²) >= 11 is 0. The van der Waals surface area contributed by atoms with E-state index in [4.69, 9.17) is 5.73 Å². The number of aromatic nitrogens is 2. The molecule has 0 radical (unpaired) electrons. The van der Waals surface area contributed by atoms with Gasteiger partial charge in [0.25, 0.3) is 0 Å². The van der Waals surface area contributed by atoms with Crippen LogP contribution in [0.25, 0.3) is 0 Å². The number of halogens is 3. The second-order valence-electron chi connectivity index (χ2n) is 6.10. The average Bonchev–Trinajstić information content (AvgIpc) is 2.61. The predicted octanol–water partition coefficient (Wildman–Crippen LogP) is 5.18. The predicted molar refractivity (Wildman–Crippen MR) is 100 cm³/mol. The van der Waals surface area contributed by atoms with Crippen LogP contribution in [0.2, 0.25) is 0 Å². The summed E-state index contributed by atoms with van der Waals surface area (Å²) < 4.78 is 39.6. The van der Waals surface area contributed by atoms with Crippen LogP contribution < -0.4 is 16.4 Å². The summed E-state index contributed by atoms with van der Waals surface area (Å²) in [5.41, 5.74) is 8.12. The second kappa shape index (κ2) is 7.14. The third-order valence-corrected chi connectivity index (χ3v) is 4.02. The Bertz CT molecular complexity index is 970. The Hall–Kier alpha value is -3.29. The molecule has 0 atom stereocenters. The Morgan fingerprint density at radius 3 is 2.19 bits per heavy atom. The fraction of sp³-hybridized carbons (Fsp3) is 0.158. The molecule has 2 aromatic carbocycles. The second-order valence-corrected chi connectivity index (χ2v) is 6.10. The van der Waals surface area contributed by atoms with Crippen molar-refractivity contribution >= 4 is 28.7 Å². The fourth-order valence-corrected chi connectivity index (χ4v) is 2.56. The molecule has 1 heterocycles. The van der Waals surface area contributed by atoms with Crippen molar-refractivity contribution < 1.29 is 13.2 Å². The van der Waals surface area contributed by atoms with Gasteiger partial charge in [-0.2, -0.15) is 13.2 Å². The molecule has 27 heavy (non-hydrogen) atoms. The summed E-state index contributed by atoms with van der Waals surface area (Å²) in [5, 5.41) is 5.78. The van der Waals surface area contributed by atoms with Gasteiger partial charge in [0.2, 0.25) is 0 Å². The van der Waals surface area contributed by atoms with Gasteiger partial charge in [0.1, 0.15) is 12.0 Å². The van der Waals surface area contributed by atoms with Crippen molar-refractivity contribution in [2.75, 3.05) is 16.4 Å². The van der Waals surface area contributed by atoms with Crippen LogP contribution in [0.15, 0.2) is 48.8 Å². The van der Waals surface area contributed by atoms with E-state index in [1.54, 1.807) is 0 Å². The molecule has 0 aliphatic carbocycles. The van der Waals surface area contributed by atoms with Crippen molar-refractivity contribution in [1.29, 1.82) is 0 Å². The van der Waals surface area contributed by atoms with E-state index in [0.717, 1.165) is 22.9 Å². The minimum Gasteiger partial charge on any atom is -0.393 e. The lowest BCUT2D eigenvalue weighted by Gasteiger charge is -2.16. The van der Waals surface area contributed by atoms with Crippen LogP contribution in [0.3, 0.4) is 0 Å². The van der Waals surface area contributed by atoms with Gasteiger partial charge in [-0.05, 0) is 43.2 Å². The zero-order valence-electron chi connectivity index (χ0n) is 14.7. The third-order valence-electron chi connectivity index (χ3n) is 4.02. The first-order valence-corrected chi connectivity index (χ1v) is 8.13. The molecule has 4 N–H and O–H groups in total. The first kappa shape index (κ1) is 18.5. The van der Waals surface area contributed by atoms with Crippen LogP contribution in [0.5, 0.6) is 0 Å². The molecule has 1 aromatic heterocycles. The van der Waals surface area contributed by atoms with E-state index in [1.807, 2.05) is 32.0 Å². The number of hydrogen-bond donors (Lipinski definition) is 3. The van der Waals surface area contributed by atoms with Gasteiger partial charge in [-0.15, -0.1) is 0 Å². The Morgan fingerprint density at radius 2 is 1.52 bits per heavy atom. The van der Waals surface area contributed by atoms with Crippen molar-refractivity contribution in [3.05, 3.63) is 65.5 Å². The number of nitrogens with one attached hydrogen (secondary N) is 2. The highest BCUT2D eigenvalue weighted by Crippen LogP contribution is 2.37. The molecule has 0 saturated carbocycles. The maximum absolute atomic E-state index is 13.2.